The van der Waals surface area contributed by atoms with Crippen molar-refractivity contribution in [2.45, 2.75) is 52.1 Å². The second-order valence-corrected chi connectivity index (χ2v) is 4.74. The van der Waals surface area contributed by atoms with Crippen molar-refractivity contribution < 1.29 is 14.2 Å². The van der Waals surface area contributed by atoms with Crippen molar-refractivity contribution in [3.63, 3.8) is 0 Å². The van der Waals surface area contributed by atoms with Crippen LogP contribution in [0.2, 0.25) is 0 Å². The van der Waals surface area contributed by atoms with Gasteiger partial charge in [-0.3, -0.25) is 0 Å². The van der Waals surface area contributed by atoms with Gasteiger partial charge in [-0.05, 0) is 39.2 Å². The third-order valence-corrected chi connectivity index (χ3v) is 2.69. The lowest BCUT2D eigenvalue weighted by molar-refractivity contribution is -0.169. The lowest BCUT2D eigenvalue weighted by Crippen LogP contribution is -2.22. The zero-order chi connectivity index (χ0) is 12.8. The molecule has 0 aromatic carbocycles. The third kappa shape index (κ3) is 4.27. The number of hydrogen-bond donors (Lipinski definition) is 0. The predicted molar refractivity (Wildman–Crippen MR) is 68.4 cm³/mol. The van der Waals surface area contributed by atoms with E-state index in [1.165, 1.54) is 6.42 Å². The highest BCUT2D eigenvalue weighted by Gasteiger charge is 2.14. The van der Waals surface area contributed by atoms with E-state index in [0.29, 0.717) is 12.5 Å². The van der Waals surface area contributed by atoms with Crippen LogP contribution in [0.1, 0.15) is 38.8 Å². The number of ether oxygens (including phenoxy) is 3. The fourth-order valence-corrected chi connectivity index (χ4v) is 1.87. The summed E-state index contributed by atoms with van der Waals surface area (Å²) in [6.07, 6.45) is 3.35. The fourth-order valence-electron chi connectivity index (χ4n) is 1.87. The van der Waals surface area contributed by atoms with Crippen LogP contribution in [0.5, 0.6) is 5.88 Å². The zero-order valence-corrected chi connectivity index (χ0v) is 11.1. The monoisotopic (exact) mass is 251 g/mol. The Labute approximate surface area is 108 Å². The molecule has 0 N–H and O–H groups in total. The van der Waals surface area contributed by atoms with Crippen LogP contribution >= 0.6 is 0 Å². The maximum Gasteiger partial charge on any atom is 0.213 e. The number of pyridine rings is 1. The molecule has 4 nitrogen and oxygen atoms in total. The van der Waals surface area contributed by atoms with Crippen LogP contribution in [0.15, 0.2) is 18.2 Å². The van der Waals surface area contributed by atoms with Gasteiger partial charge in [0.25, 0.3) is 0 Å². The van der Waals surface area contributed by atoms with Crippen LogP contribution in [0, 0.1) is 0 Å². The molecular weight excluding hydrogens is 230 g/mol. The summed E-state index contributed by atoms with van der Waals surface area (Å²) in [5.74, 6) is 0.649. The quantitative estimate of drug-likeness (QED) is 0.806. The number of nitrogens with zero attached hydrogens (tertiary/aromatic N) is 1. The molecule has 1 aromatic rings. The summed E-state index contributed by atoms with van der Waals surface area (Å²) < 4.78 is 16.8. The molecule has 1 aliphatic heterocycles. The summed E-state index contributed by atoms with van der Waals surface area (Å²) >= 11 is 0. The Morgan fingerprint density at radius 1 is 1.39 bits per heavy atom. The van der Waals surface area contributed by atoms with Gasteiger partial charge in [-0.15, -0.1) is 0 Å². The SMILES string of the molecule is CC(C)Oc1cccc(COC2CCCCO2)n1. The van der Waals surface area contributed by atoms with E-state index in [1.807, 2.05) is 32.0 Å². The van der Waals surface area contributed by atoms with Crippen molar-refractivity contribution in [3.05, 3.63) is 23.9 Å². The minimum Gasteiger partial charge on any atom is -0.475 e. The molecule has 0 aliphatic carbocycles. The van der Waals surface area contributed by atoms with Crippen molar-refractivity contribution in [1.82, 2.24) is 4.98 Å². The number of hydrogen-bond acceptors (Lipinski definition) is 4. The van der Waals surface area contributed by atoms with Crippen molar-refractivity contribution in [2.75, 3.05) is 6.61 Å². The Balaban J connectivity index is 1.84. The van der Waals surface area contributed by atoms with E-state index in [4.69, 9.17) is 14.2 Å². The molecule has 0 saturated carbocycles. The summed E-state index contributed by atoms with van der Waals surface area (Å²) in [7, 11) is 0. The molecular formula is C14H21NO3. The molecule has 100 valence electrons. The van der Waals surface area contributed by atoms with E-state index >= 15 is 0 Å². The molecule has 1 aromatic heterocycles. The van der Waals surface area contributed by atoms with E-state index in [9.17, 15) is 0 Å². The maximum absolute atomic E-state index is 5.69. The van der Waals surface area contributed by atoms with Crippen LogP contribution in [0.25, 0.3) is 0 Å². The Bertz CT molecular complexity index is 362. The fraction of sp³-hybridized carbons (Fsp3) is 0.643. The van der Waals surface area contributed by atoms with Crippen LogP contribution in [0.3, 0.4) is 0 Å². The highest BCUT2D eigenvalue weighted by molar-refractivity contribution is 5.15. The molecule has 4 heteroatoms. The van der Waals surface area contributed by atoms with Gasteiger partial charge in [0.05, 0.1) is 18.4 Å². The smallest absolute Gasteiger partial charge is 0.213 e. The average molecular weight is 251 g/mol. The Morgan fingerprint density at radius 2 is 2.28 bits per heavy atom. The van der Waals surface area contributed by atoms with Gasteiger partial charge in [0.1, 0.15) is 0 Å². The number of aromatic nitrogens is 1. The molecule has 1 fully saturated rings. The van der Waals surface area contributed by atoms with Crippen LogP contribution in [-0.4, -0.2) is 24.0 Å². The molecule has 18 heavy (non-hydrogen) atoms. The zero-order valence-electron chi connectivity index (χ0n) is 11.1. The predicted octanol–water partition coefficient (Wildman–Crippen LogP) is 2.91. The maximum atomic E-state index is 5.69. The summed E-state index contributed by atoms with van der Waals surface area (Å²) in [4.78, 5) is 4.39. The van der Waals surface area contributed by atoms with E-state index in [1.54, 1.807) is 0 Å². The van der Waals surface area contributed by atoms with Gasteiger partial charge in [0.2, 0.25) is 5.88 Å². The average Bonchev–Trinajstić information content (AvgIpc) is 2.37. The molecule has 0 amide bonds. The van der Waals surface area contributed by atoms with Gasteiger partial charge in [-0.25, -0.2) is 4.98 Å². The minimum atomic E-state index is -0.0739. The first-order valence-corrected chi connectivity index (χ1v) is 6.60. The molecule has 0 radical (unpaired) electrons. The van der Waals surface area contributed by atoms with Crippen LogP contribution < -0.4 is 4.74 Å². The first kappa shape index (κ1) is 13.3. The first-order chi connectivity index (χ1) is 8.74. The van der Waals surface area contributed by atoms with Crippen molar-refractivity contribution in [3.8, 4) is 5.88 Å². The summed E-state index contributed by atoms with van der Waals surface area (Å²) in [6.45, 7) is 5.25. The molecule has 0 bridgehead atoms. The number of rotatable bonds is 5. The Kier molecular flexibility index (Phi) is 4.96. The van der Waals surface area contributed by atoms with Gasteiger partial charge in [0, 0.05) is 12.7 Å². The molecule has 1 atom stereocenters. The second-order valence-electron chi connectivity index (χ2n) is 4.74. The molecule has 1 aliphatic rings. The van der Waals surface area contributed by atoms with Crippen LogP contribution in [-0.2, 0) is 16.1 Å². The van der Waals surface area contributed by atoms with Gasteiger partial charge >= 0.3 is 0 Å². The molecule has 1 unspecified atom stereocenters. The largest absolute Gasteiger partial charge is 0.475 e. The summed E-state index contributed by atoms with van der Waals surface area (Å²) in [5.41, 5.74) is 0.877. The molecule has 2 rings (SSSR count). The van der Waals surface area contributed by atoms with Crippen molar-refractivity contribution in [1.29, 1.82) is 0 Å². The van der Waals surface area contributed by atoms with E-state index in [-0.39, 0.29) is 12.4 Å². The second kappa shape index (κ2) is 6.71. The summed E-state index contributed by atoms with van der Waals surface area (Å²) in [5, 5.41) is 0. The van der Waals surface area contributed by atoms with E-state index < -0.39 is 0 Å². The molecule has 2 heterocycles. The van der Waals surface area contributed by atoms with Crippen LogP contribution in [0.4, 0.5) is 0 Å². The molecule has 1 saturated heterocycles. The van der Waals surface area contributed by atoms with Crippen molar-refractivity contribution >= 4 is 0 Å². The lowest BCUT2D eigenvalue weighted by Gasteiger charge is -2.22. The van der Waals surface area contributed by atoms with Gasteiger partial charge in [-0.2, -0.15) is 0 Å². The highest BCUT2D eigenvalue weighted by Crippen LogP contribution is 2.16. The minimum absolute atomic E-state index is 0.0739. The normalized spacial score (nSPS) is 20.1. The topological polar surface area (TPSA) is 40.6 Å². The Morgan fingerprint density at radius 3 is 3.00 bits per heavy atom. The van der Waals surface area contributed by atoms with E-state index in [0.717, 1.165) is 25.1 Å². The van der Waals surface area contributed by atoms with Gasteiger partial charge in [0.15, 0.2) is 6.29 Å². The highest BCUT2D eigenvalue weighted by atomic mass is 16.7. The Hall–Kier alpha value is -1.13. The third-order valence-electron chi connectivity index (χ3n) is 2.69. The van der Waals surface area contributed by atoms with Gasteiger partial charge < -0.3 is 14.2 Å². The van der Waals surface area contributed by atoms with Gasteiger partial charge in [-0.1, -0.05) is 6.07 Å². The first-order valence-electron chi connectivity index (χ1n) is 6.60. The lowest BCUT2D eigenvalue weighted by atomic mass is 10.2. The van der Waals surface area contributed by atoms with Crippen molar-refractivity contribution in [2.24, 2.45) is 0 Å². The molecule has 0 spiro atoms. The standard InChI is InChI=1S/C14H21NO3/c1-11(2)18-13-7-5-6-12(15-13)10-17-14-8-3-4-9-16-14/h5-7,11,14H,3-4,8-10H2,1-2H3. The van der Waals surface area contributed by atoms with E-state index in [2.05, 4.69) is 4.98 Å². The summed E-state index contributed by atoms with van der Waals surface area (Å²) in [6, 6.07) is 5.74.